The van der Waals surface area contributed by atoms with Crippen LogP contribution in [0.2, 0.25) is 0 Å². The number of carbonyl (C=O) groups is 1. The van der Waals surface area contributed by atoms with Crippen molar-refractivity contribution in [3.63, 3.8) is 0 Å². The Balaban J connectivity index is 3.83. The predicted molar refractivity (Wildman–Crippen MR) is 38.3 cm³/mol. The largest absolute Gasteiger partial charge is 0.439 e. The second-order valence-electron chi connectivity index (χ2n) is 2.30. The Bertz CT molecular complexity index is 204. The second-order valence-corrected chi connectivity index (χ2v) is 2.90. The van der Waals surface area contributed by atoms with Gasteiger partial charge in [0.2, 0.25) is 0 Å². The van der Waals surface area contributed by atoms with Crippen LogP contribution in [0.15, 0.2) is 0 Å². The first-order chi connectivity index (χ1) is 6.17. The van der Waals surface area contributed by atoms with Crippen LogP contribution in [-0.2, 0) is 14.3 Å². The van der Waals surface area contributed by atoms with Crippen molar-refractivity contribution in [2.75, 3.05) is 13.4 Å². The molecule has 0 aromatic rings. The summed E-state index contributed by atoms with van der Waals surface area (Å²) >= 11 is 4.47. The van der Waals surface area contributed by atoms with Crippen molar-refractivity contribution in [1.29, 1.82) is 0 Å². The van der Waals surface area contributed by atoms with Crippen molar-refractivity contribution in [1.82, 2.24) is 0 Å². The highest BCUT2D eigenvalue weighted by Gasteiger charge is 2.55. The lowest BCUT2D eigenvalue weighted by atomic mass is 10.4. The van der Waals surface area contributed by atoms with E-state index in [-0.39, 0.29) is 0 Å². The average molecular weight is 239 g/mol. The van der Waals surface area contributed by atoms with Gasteiger partial charge in [-0.25, -0.2) is 4.39 Å². The minimum absolute atomic E-state index is 0.754. The molecule has 0 saturated heterocycles. The van der Waals surface area contributed by atoms with Crippen LogP contribution >= 0.6 is 11.6 Å². The van der Waals surface area contributed by atoms with E-state index in [1.54, 1.807) is 0 Å². The molecular weight excluding hydrogens is 232 g/mol. The van der Waals surface area contributed by atoms with Crippen molar-refractivity contribution in [3.05, 3.63) is 0 Å². The Labute approximate surface area is 81.9 Å². The molecule has 0 N–H and O–H groups in total. The van der Waals surface area contributed by atoms with Gasteiger partial charge in [-0.1, -0.05) is 11.6 Å². The summed E-state index contributed by atoms with van der Waals surface area (Å²) < 4.78 is 55.8. The number of halogens is 5. The lowest BCUT2D eigenvalue weighted by Crippen LogP contribution is -2.39. The maximum absolute atomic E-state index is 12.5. The summed E-state index contributed by atoms with van der Waals surface area (Å²) in [6.45, 7) is -1.19. The lowest BCUT2D eigenvalue weighted by molar-refractivity contribution is -0.219. The Kier molecular flexibility index (Phi) is 4.60. The topological polar surface area (TPSA) is 35.5 Å². The predicted octanol–water partition coefficient (Wildman–Crippen LogP) is 1.99. The highest BCUT2D eigenvalue weighted by Crippen LogP contribution is 2.37. The van der Waals surface area contributed by atoms with Crippen LogP contribution in [0.5, 0.6) is 0 Å². The van der Waals surface area contributed by atoms with Crippen molar-refractivity contribution < 1.29 is 31.8 Å². The number of rotatable bonds is 4. The monoisotopic (exact) mass is 238 g/mol. The molecule has 0 amide bonds. The maximum atomic E-state index is 12.5. The zero-order chi connectivity index (χ0) is 11.4. The Morgan fingerprint density at radius 2 is 1.86 bits per heavy atom. The van der Waals surface area contributed by atoms with E-state index in [2.05, 4.69) is 21.1 Å². The molecule has 0 fully saturated rings. The van der Waals surface area contributed by atoms with Gasteiger partial charge in [-0.3, -0.25) is 4.79 Å². The Morgan fingerprint density at radius 1 is 1.36 bits per heavy atom. The molecule has 0 heterocycles. The van der Waals surface area contributed by atoms with Crippen molar-refractivity contribution in [2.45, 2.75) is 18.2 Å². The average Bonchev–Trinajstić information content (AvgIpc) is 1.95. The van der Waals surface area contributed by atoms with Crippen LogP contribution in [0.1, 0.15) is 6.92 Å². The molecule has 3 nitrogen and oxygen atoms in total. The van der Waals surface area contributed by atoms with E-state index in [0.717, 1.165) is 6.92 Å². The van der Waals surface area contributed by atoms with Gasteiger partial charge in [0, 0.05) is 6.92 Å². The summed E-state index contributed by atoms with van der Waals surface area (Å²) in [6, 6.07) is 0. The van der Waals surface area contributed by atoms with E-state index in [1.807, 2.05) is 0 Å². The van der Waals surface area contributed by atoms with Gasteiger partial charge in [0.05, 0.1) is 0 Å². The molecule has 0 aliphatic heterocycles. The summed E-state index contributed by atoms with van der Waals surface area (Å²) in [5, 5.41) is -3.97. The molecule has 14 heavy (non-hydrogen) atoms. The number of hydrogen-bond donors (Lipinski definition) is 0. The van der Waals surface area contributed by atoms with Crippen molar-refractivity contribution in [2.24, 2.45) is 0 Å². The van der Waals surface area contributed by atoms with Crippen LogP contribution in [0.25, 0.3) is 0 Å². The normalized spacial score (nSPS) is 16.1. The molecule has 0 bridgehead atoms. The minimum atomic E-state index is -5.23. The third kappa shape index (κ3) is 4.61. The molecule has 84 valence electrons. The number of alkyl halides is 5. The third-order valence-electron chi connectivity index (χ3n) is 1.04. The van der Waals surface area contributed by atoms with Crippen LogP contribution < -0.4 is 0 Å². The second kappa shape index (κ2) is 4.79. The van der Waals surface area contributed by atoms with Crippen molar-refractivity contribution in [3.8, 4) is 0 Å². The fourth-order valence-corrected chi connectivity index (χ4v) is 0.453. The van der Waals surface area contributed by atoms with Gasteiger partial charge in [-0.15, -0.1) is 0 Å². The van der Waals surface area contributed by atoms with E-state index >= 15 is 0 Å². The van der Waals surface area contributed by atoms with E-state index in [1.165, 1.54) is 0 Å². The summed E-state index contributed by atoms with van der Waals surface area (Å²) in [6.07, 6.45) is -5.23. The van der Waals surface area contributed by atoms with Crippen LogP contribution in [0.3, 0.4) is 0 Å². The van der Waals surface area contributed by atoms with Gasteiger partial charge in [0.15, 0.2) is 6.79 Å². The van der Waals surface area contributed by atoms with Gasteiger partial charge >= 0.3 is 17.3 Å². The molecule has 0 spiro atoms. The number of carbonyl (C=O) groups excluding carboxylic acids is 1. The molecular formula is C6H7ClF4O3. The molecule has 8 heteroatoms. The number of hydrogen-bond acceptors (Lipinski definition) is 3. The summed E-state index contributed by atoms with van der Waals surface area (Å²) in [5.41, 5.74) is 0. The Morgan fingerprint density at radius 3 is 2.21 bits per heavy atom. The fraction of sp³-hybridized carbons (Fsp3) is 0.833. The molecule has 0 radical (unpaired) electrons. The molecule has 0 aromatic heterocycles. The third-order valence-corrected chi connectivity index (χ3v) is 1.37. The standard InChI is InChI=1S/C6H7ClF4O3/c1-4(12)14-3-13-2-5(7,8)6(9,10)11/h2-3H2,1H3. The molecule has 1 unspecified atom stereocenters. The maximum Gasteiger partial charge on any atom is 0.439 e. The zero-order valence-corrected chi connectivity index (χ0v) is 7.78. The van der Waals surface area contributed by atoms with E-state index in [0.29, 0.717) is 0 Å². The molecule has 0 saturated carbocycles. The van der Waals surface area contributed by atoms with Gasteiger partial charge in [0.1, 0.15) is 6.61 Å². The quantitative estimate of drug-likeness (QED) is 0.247. The molecule has 1 atom stereocenters. The summed E-state index contributed by atoms with van der Waals surface area (Å²) in [5.74, 6) is -0.754. The van der Waals surface area contributed by atoms with Gasteiger partial charge in [0.25, 0.3) is 0 Å². The summed E-state index contributed by atoms with van der Waals surface area (Å²) in [7, 11) is 0. The lowest BCUT2D eigenvalue weighted by Gasteiger charge is -2.20. The number of esters is 1. The number of ether oxygens (including phenoxy) is 2. The Hall–Kier alpha value is -0.560. The van der Waals surface area contributed by atoms with Crippen LogP contribution in [0, 0.1) is 0 Å². The first-order valence-corrected chi connectivity index (χ1v) is 3.70. The molecule has 0 aromatic carbocycles. The van der Waals surface area contributed by atoms with Gasteiger partial charge in [-0.2, -0.15) is 13.2 Å². The molecule has 0 aliphatic carbocycles. The van der Waals surface area contributed by atoms with E-state index in [9.17, 15) is 22.4 Å². The highest BCUT2D eigenvalue weighted by atomic mass is 35.5. The van der Waals surface area contributed by atoms with E-state index in [4.69, 9.17) is 0 Å². The smallest absolute Gasteiger partial charge is 0.439 e. The molecule has 0 rings (SSSR count). The van der Waals surface area contributed by atoms with Crippen LogP contribution in [-0.4, -0.2) is 30.7 Å². The van der Waals surface area contributed by atoms with E-state index < -0.39 is 30.7 Å². The first-order valence-electron chi connectivity index (χ1n) is 3.32. The van der Waals surface area contributed by atoms with Gasteiger partial charge < -0.3 is 9.47 Å². The van der Waals surface area contributed by atoms with Crippen molar-refractivity contribution >= 4 is 17.6 Å². The zero-order valence-electron chi connectivity index (χ0n) is 7.03. The van der Waals surface area contributed by atoms with Crippen LogP contribution in [0.4, 0.5) is 17.6 Å². The first kappa shape index (κ1) is 13.4. The fourth-order valence-electron chi connectivity index (χ4n) is 0.376. The SMILES string of the molecule is CC(=O)OCOCC(F)(Cl)C(F)(F)F. The summed E-state index contributed by atoms with van der Waals surface area (Å²) in [4.78, 5) is 10.1. The minimum Gasteiger partial charge on any atom is -0.439 e. The van der Waals surface area contributed by atoms with Gasteiger partial charge in [-0.05, 0) is 0 Å². The highest BCUT2D eigenvalue weighted by molar-refractivity contribution is 6.23. The molecule has 0 aliphatic rings.